The van der Waals surface area contributed by atoms with E-state index in [0.29, 0.717) is 18.3 Å². The van der Waals surface area contributed by atoms with Crippen molar-refractivity contribution in [1.29, 1.82) is 0 Å². The van der Waals surface area contributed by atoms with E-state index in [1.165, 1.54) is 9.80 Å². The number of hydrogen-bond acceptors (Lipinski definition) is 4. The number of amidine groups is 1. The Balaban J connectivity index is 2.11. The number of fused-ring (bicyclic) bond motifs is 1. The number of carbonyl (C=O) groups is 2. The Labute approximate surface area is 153 Å². The number of aryl methyl sites for hydroxylation is 2. The van der Waals surface area contributed by atoms with Crippen molar-refractivity contribution in [3.8, 4) is 0 Å². The number of imide groups is 1. The SMILES string of the molecule is C/C=C/CN1C(=O)C2C(=NC(n3nc(C)cc3C)=[N+]2CCC)N(C)C1=O. The highest BCUT2D eigenvalue weighted by molar-refractivity contribution is 6.23. The normalized spacial score (nSPS) is 20.5. The number of urea groups is 1. The molecule has 3 rings (SSSR count). The van der Waals surface area contributed by atoms with E-state index in [1.54, 1.807) is 17.8 Å². The van der Waals surface area contributed by atoms with E-state index in [1.807, 2.05) is 37.5 Å². The van der Waals surface area contributed by atoms with Crippen molar-refractivity contribution in [3.05, 3.63) is 29.6 Å². The third-order valence-electron chi connectivity index (χ3n) is 4.58. The lowest BCUT2D eigenvalue weighted by atomic mass is 10.1. The molecular formula is C18H25N6O2+. The first kappa shape index (κ1) is 18.0. The fraction of sp³-hybridized carbons (Fsp3) is 0.500. The van der Waals surface area contributed by atoms with Gasteiger partial charge >= 0.3 is 12.0 Å². The van der Waals surface area contributed by atoms with Crippen LogP contribution in [0, 0.1) is 13.8 Å². The summed E-state index contributed by atoms with van der Waals surface area (Å²) < 4.78 is 3.70. The van der Waals surface area contributed by atoms with Crippen molar-refractivity contribution in [2.45, 2.75) is 40.2 Å². The molecule has 0 aromatic carbocycles. The first-order valence-electron chi connectivity index (χ1n) is 8.86. The molecule has 0 N–H and O–H groups in total. The Morgan fingerprint density at radius 1 is 1.31 bits per heavy atom. The summed E-state index contributed by atoms with van der Waals surface area (Å²) >= 11 is 0. The minimum Gasteiger partial charge on any atom is -0.270 e. The molecule has 1 fully saturated rings. The van der Waals surface area contributed by atoms with Crippen LogP contribution < -0.4 is 0 Å². The van der Waals surface area contributed by atoms with Crippen LogP contribution in [0.15, 0.2) is 23.2 Å². The van der Waals surface area contributed by atoms with E-state index in [0.717, 1.165) is 17.8 Å². The van der Waals surface area contributed by atoms with Crippen LogP contribution in [-0.2, 0) is 4.79 Å². The van der Waals surface area contributed by atoms with Gasteiger partial charge in [-0.2, -0.15) is 0 Å². The molecular weight excluding hydrogens is 332 g/mol. The lowest BCUT2D eigenvalue weighted by molar-refractivity contribution is -0.537. The summed E-state index contributed by atoms with van der Waals surface area (Å²) in [6, 6.07) is 1.02. The molecule has 1 aromatic rings. The van der Waals surface area contributed by atoms with Crippen molar-refractivity contribution in [3.63, 3.8) is 0 Å². The molecule has 3 amide bonds. The maximum atomic E-state index is 13.1. The zero-order valence-electron chi connectivity index (χ0n) is 15.9. The quantitative estimate of drug-likeness (QED) is 0.603. The predicted molar refractivity (Wildman–Crippen MR) is 98.4 cm³/mol. The van der Waals surface area contributed by atoms with Crippen LogP contribution in [0.1, 0.15) is 31.7 Å². The Morgan fingerprint density at radius 2 is 2.04 bits per heavy atom. The molecule has 8 heteroatoms. The Kier molecular flexibility index (Phi) is 4.76. The highest BCUT2D eigenvalue weighted by Gasteiger charge is 2.52. The van der Waals surface area contributed by atoms with Gasteiger partial charge in [0.25, 0.3) is 5.91 Å². The second kappa shape index (κ2) is 6.86. The van der Waals surface area contributed by atoms with Gasteiger partial charge in [-0.25, -0.2) is 9.37 Å². The summed E-state index contributed by atoms with van der Waals surface area (Å²) in [4.78, 5) is 33.1. The third-order valence-corrected chi connectivity index (χ3v) is 4.58. The molecule has 0 aliphatic carbocycles. The molecule has 1 aromatic heterocycles. The number of rotatable bonds is 4. The zero-order chi connectivity index (χ0) is 19.0. The van der Waals surface area contributed by atoms with Gasteiger partial charge in [-0.05, 0) is 33.3 Å². The maximum absolute atomic E-state index is 13.1. The lowest BCUT2D eigenvalue weighted by Crippen LogP contribution is -2.62. The minimum absolute atomic E-state index is 0.241. The van der Waals surface area contributed by atoms with Crippen molar-refractivity contribution in [2.24, 2.45) is 4.99 Å². The van der Waals surface area contributed by atoms with Gasteiger partial charge < -0.3 is 0 Å². The molecule has 3 heterocycles. The van der Waals surface area contributed by atoms with E-state index < -0.39 is 6.04 Å². The molecule has 26 heavy (non-hydrogen) atoms. The Morgan fingerprint density at radius 3 is 2.62 bits per heavy atom. The average Bonchev–Trinajstić information content (AvgIpc) is 3.13. The lowest BCUT2D eigenvalue weighted by Gasteiger charge is -2.33. The third kappa shape index (κ3) is 2.75. The van der Waals surface area contributed by atoms with Gasteiger partial charge in [-0.3, -0.25) is 14.6 Å². The zero-order valence-corrected chi connectivity index (χ0v) is 15.9. The second-order valence-electron chi connectivity index (χ2n) is 6.56. The first-order valence-corrected chi connectivity index (χ1v) is 8.86. The fourth-order valence-electron chi connectivity index (χ4n) is 3.36. The smallest absolute Gasteiger partial charge is 0.270 e. The Hall–Kier alpha value is -2.77. The maximum Gasteiger partial charge on any atom is 0.421 e. The molecule has 0 bridgehead atoms. The summed E-state index contributed by atoms with van der Waals surface area (Å²) in [7, 11) is 1.66. The molecule has 0 radical (unpaired) electrons. The summed E-state index contributed by atoms with van der Waals surface area (Å²) in [5.41, 5.74) is 1.82. The number of likely N-dealkylation sites (N-methyl/N-ethyl adjacent to an activating group) is 1. The molecule has 0 saturated carbocycles. The number of nitrogens with zero attached hydrogens (tertiary/aromatic N) is 6. The number of aromatic nitrogens is 2. The number of hydrogen-bond donors (Lipinski definition) is 0. The standard InChI is InChI=1S/C18H25N6O2/c1-6-8-10-23-16(25)14-15(21(5)18(23)26)19-17(22(14)9-7-2)24-13(4)11-12(3)20-24/h6,8,11,14H,7,9-10H2,1-5H3/q+1/b8-6+. The van der Waals surface area contributed by atoms with E-state index >= 15 is 0 Å². The molecule has 1 atom stereocenters. The predicted octanol–water partition coefficient (Wildman–Crippen LogP) is 1.38. The van der Waals surface area contributed by atoms with E-state index in [9.17, 15) is 9.59 Å². The molecule has 0 spiro atoms. The molecule has 1 unspecified atom stereocenters. The van der Waals surface area contributed by atoms with Crippen LogP contribution in [0.25, 0.3) is 0 Å². The fourth-order valence-corrected chi connectivity index (χ4v) is 3.36. The van der Waals surface area contributed by atoms with Crippen molar-refractivity contribution >= 4 is 23.7 Å². The highest BCUT2D eigenvalue weighted by atomic mass is 16.2. The molecule has 2 aliphatic heterocycles. The van der Waals surface area contributed by atoms with Crippen LogP contribution >= 0.6 is 0 Å². The monoisotopic (exact) mass is 357 g/mol. The average molecular weight is 357 g/mol. The molecule has 1 saturated heterocycles. The van der Waals surface area contributed by atoms with Crippen LogP contribution in [0.2, 0.25) is 0 Å². The largest absolute Gasteiger partial charge is 0.421 e. The first-order chi connectivity index (χ1) is 12.4. The van der Waals surface area contributed by atoms with Gasteiger partial charge in [0.05, 0.1) is 12.2 Å². The topological polar surface area (TPSA) is 73.8 Å². The van der Waals surface area contributed by atoms with Gasteiger partial charge in [-0.15, -0.1) is 9.78 Å². The molecule has 2 aliphatic rings. The van der Waals surface area contributed by atoms with Gasteiger partial charge in [-0.1, -0.05) is 24.1 Å². The van der Waals surface area contributed by atoms with Gasteiger partial charge in [0, 0.05) is 13.6 Å². The van der Waals surface area contributed by atoms with Crippen LogP contribution in [-0.4, -0.2) is 74.1 Å². The van der Waals surface area contributed by atoms with E-state index in [2.05, 4.69) is 17.0 Å². The summed E-state index contributed by atoms with van der Waals surface area (Å²) in [6.07, 6.45) is 4.48. The summed E-state index contributed by atoms with van der Waals surface area (Å²) in [6.45, 7) is 8.70. The van der Waals surface area contributed by atoms with Crippen LogP contribution in [0.5, 0.6) is 0 Å². The van der Waals surface area contributed by atoms with Crippen molar-refractivity contribution in [2.75, 3.05) is 20.1 Å². The Bertz CT molecular complexity index is 848. The molecule has 8 nitrogen and oxygen atoms in total. The molecule has 138 valence electrons. The van der Waals surface area contributed by atoms with E-state index in [-0.39, 0.29) is 18.5 Å². The number of carbonyl (C=O) groups excluding carboxylic acids is 2. The minimum atomic E-state index is -0.596. The van der Waals surface area contributed by atoms with Gasteiger partial charge in [0.2, 0.25) is 11.9 Å². The summed E-state index contributed by atoms with van der Waals surface area (Å²) in [5.74, 6) is 0.820. The summed E-state index contributed by atoms with van der Waals surface area (Å²) in [5, 5.41) is 4.51. The highest BCUT2D eigenvalue weighted by Crippen LogP contribution is 2.21. The second-order valence-corrected chi connectivity index (χ2v) is 6.56. The number of aliphatic imine (C=N–C) groups is 1. The van der Waals surface area contributed by atoms with Crippen LogP contribution in [0.3, 0.4) is 0 Å². The van der Waals surface area contributed by atoms with Gasteiger partial charge in [0.1, 0.15) is 5.69 Å². The number of allylic oxidation sites excluding steroid dienone is 1. The van der Waals surface area contributed by atoms with E-state index in [4.69, 9.17) is 0 Å². The van der Waals surface area contributed by atoms with Crippen molar-refractivity contribution < 1.29 is 14.2 Å². The van der Waals surface area contributed by atoms with Gasteiger partial charge in [0.15, 0.2) is 0 Å². The van der Waals surface area contributed by atoms with Crippen molar-refractivity contribution in [1.82, 2.24) is 19.6 Å². The number of amides is 3. The van der Waals surface area contributed by atoms with Crippen LogP contribution in [0.4, 0.5) is 4.79 Å².